The lowest BCUT2D eigenvalue weighted by molar-refractivity contribution is -0.120. The highest BCUT2D eigenvalue weighted by molar-refractivity contribution is 7.89. The van der Waals surface area contributed by atoms with Crippen molar-refractivity contribution in [1.29, 1.82) is 0 Å². The average molecular weight is 493 g/mol. The summed E-state index contributed by atoms with van der Waals surface area (Å²) in [7, 11) is 0.0567. The van der Waals surface area contributed by atoms with Gasteiger partial charge in [-0.25, -0.2) is 18.1 Å². The Morgan fingerprint density at radius 2 is 1.77 bits per heavy atom. The fourth-order valence-electron chi connectivity index (χ4n) is 4.23. The largest absolute Gasteiger partial charge is 0.342 e. The number of carbonyl (C=O) groups is 1. The van der Waals surface area contributed by atoms with Crippen LogP contribution in [0.2, 0.25) is 0 Å². The molecular weight excluding hydrogens is 464 g/mol. The van der Waals surface area contributed by atoms with Gasteiger partial charge in [0.2, 0.25) is 16.0 Å². The molecule has 2 N–H and O–H groups in total. The van der Waals surface area contributed by atoms with Gasteiger partial charge in [-0.15, -0.1) is 0 Å². The lowest BCUT2D eigenvalue weighted by Crippen LogP contribution is -2.45. The van der Waals surface area contributed by atoms with Crippen LogP contribution in [0, 0.1) is 12.8 Å². The van der Waals surface area contributed by atoms with Crippen LogP contribution in [-0.4, -0.2) is 44.9 Å². The molecule has 1 aliphatic heterocycles. The van der Waals surface area contributed by atoms with Gasteiger partial charge < -0.3 is 15.1 Å². The van der Waals surface area contributed by atoms with Crippen LogP contribution in [0.3, 0.4) is 0 Å². The summed E-state index contributed by atoms with van der Waals surface area (Å²) in [4.78, 5) is 25.9. The number of aromatic nitrogens is 2. The van der Waals surface area contributed by atoms with E-state index in [4.69, 9.17) is 0 Å². The number of sulfonamides is 1. The molecule has 5 rings (SSSR count). The summed E-state index contributed by atoms with van der Waals surface area (Å²) in [5.74, 6) is 1.39. The summed E-state index contributed by atoms with van der Waals surface area (Å²) in [5.41, 5.74) is 3.24. The van der Waals surface area contributed by atoms with Crippen molar-refractivity contribution in [3.05, 3.63) is 65.9 Å². The molecule has 10 heteroatoms. The molecule has 9 nitrogen and oxygen atoms in total. The minimum Gasteiger partial charge on any atom is -0.342 e. The zero-order valence-electron chi connectivity index (χ0n) is 19.9. The van der Waals surface area contributed by atoms with Crippen molar-refractivity contribution in [2.45, 2.75) is 30.7 Å². The van der Waals surface area contributed by atoms with Crippen LogP contribution in [0.1, 0.15) is 30.0 Å². The van der Waals surface area contributed by atoms with Crippen LogP contribution in [0.15, 0.2) is 59.6 Å². The minimum absolute atomic E-state index is 0.0503. The molecule has 1 aliphatic carbocycles. The number of likely N-dealkylation sites (N-methyl/N-ethyl adjacent to an activating group) is 2. The number of benzene rings is 2. The number of carbonyl (C=O) groups excluding carboxylic acids is 1. The molecule has 1 amide bonds. The third-order valence-electron chi connectivity index (χ3n) is 6.56. The van der Waals surface area contributed by atoms with Gasteiger partial charge in [0, 0.05) is 26.3 Å². The number of nitrogens with one attached hydrogen (secondary N) is 2. The van der Waals surface area contributed by atoms with E-state index in [1.807, 2.05) is 43.1 Å². The molecular formula is C25H28N6O3S. The summed E-state index contributed by atoms with van der Waals surface area (Å²) >= 11 is 0. The van der Waals surface area contributed by atoms with Crippen molar-refractivity contribution in [3.8, 4) is 0 Å². The van der Waals surface area contributed by atoms with Crippen LogP contribution >= 0.6 is 0 Å². The Bertz CT molecular complexity index is 1370. The van der Waals surface area contributed by atoms with Crippen LogP contribution in [-0.2, 0) is 14.8 Å². The molecule has 1 aromatic heterocycles. The molecule has 2 heterocycles. The number of amides is 1. The van der Waals surface area contributed by atoms with Crippen molar-refractivity contribution in [1.82, 2.24) is 14.7 Å². The van der Waals surface area contributed by atoms with Crippen LogP contribution in [0.25, 0.3) is 0 Å². The molecule has 2 aromatic carbocycles. The number of nitrogens with zero attached hydrogens (tertiary/aromatic N) is 4. The highest BCUT2D eigenvalue weighted by Crippen LogP contribution is 2.39. The summed E-state index contributed by atoms with van der Waals surface area (Å²) in [6.07, 6.45) is 3.78. The number of fused-ring (bicyclic) bond motifs is 1. The second-order valence-corrected chi connectivity index (χ2v) is 10.9. The van der Waals surface area contributed by atoms with Gasteiger partial charge in [0.1, 0.15) is 11.7 Å². The molecule has 0 spiro atoms. The fourth-order valence-corrected chi connectivity index (χ4v) is 5.34. The molecule has 3 aromatic rings. The molecule has 182 valence electrons. The maximum Gasteiger partial charge on any atom is 0.254 e. The number of anilines is 4. The third-order valence-corrected chi connectivity index (χ3v) is 8.00. The van der Waals surface area contributed by atoms with Crippen LogP contribution in [0.5, 0.6) is 0 Å². The van der Waals surface area contributed by atoms with Crippen LogP contribution in [0.4, 0.5) is 23.1 Å². The van der Waals surface area contributed by atoms with E-state index in [-0.39, 0.29) is 10.8 Å². The summed E-state index contributed by atoms with van der Waals surface area (Å²) in [6, 6.07) is 13.8. The Morgan fingerprint density at radius 1 is 1.06 bits per heavy atom. The second-order valence-electron chi connectivity index (χ2n) is 9.11. The predicted octanol–water partition coefficient (Wildman–Crippen LogP) is 3.37. The molecule has 0 bridgehead atoms. The molecule has 0 radical (unpaired) electrons. The molecule has 2 aliphatic rings. The Balaban J connectivity index is 1.38. The molecule has 1 fully saturated rings. The van der Waals surface area contributed by atoms with E-state index < -0.39 is 16.1 Å². The van der Waals surface area contributed by atoms with E-state index in [0.717, 1.165) is 24.0 Å². The van der Waals surface area contributed by atoms with E-state index in [2.05, 4.69) is 20.0 Å². The standard InChI is InChI=1S/C25H28N6O3S/c1-16-6-4-5-7-20(16)22-24(32)30(2)21-15-26-25(29-23(21)31(22)3)28-18-10-12-19(13-11-18)35(33,34)27-14-17-8-9-17/h4-7,10-13,15,17,22,27H,8-9,14H2,1-3H3,(H,26,28,29). The average Bonchev–Trinajstić information content (AvgIpc) is 3.68. The molecule has 1 saturated carbocycles. The van der Waals surface area contributed by atoms with Gasteiger partial charge in [0.25, 0.3) is 5.91 Å². The highest BCUT2D eigenvalue weighted by Gasteiger charge is 2.37. The van der Waals surface area contributed by atoms with E-state index in [9.17, 15) is 13.2 Å². The van der Waals surface area contributed by atoms with Gasteiger partial charge >= 0.3 is 0 Å². The fraction of sp³-hybridized carbons (Fsp3) is 0.320. The van der Waals surface area contributed by atoms with Crippen molar-refractivity contribution < 1.29 is 13.2 Å². The van der Waals surface area contributed by atoms with Crippen molar-refractivity contribution in [2.24, 2.45) is 5.92 Å². The van der Waals surface area contributed by atoms with Gasteiger partial charge in [0.15, 0.2) is 5.82 Å². The van der Waals surface area contributed by atoms with Crippen molar-refractivity contribution >= 4 is 39.1 Å². The van der Waals surface area contributed by atoms with Crippen LogP contribution < -0.4 is 19.8 Å². The monoisotopic (exact) mass is 492 g/mol. The minimum atomic E-state index is -3.52. The molecule has 1 atom stereocenters. The maximum absolute atomic E-state index is 13.2. The number of aryl methyl sites for hydroxylation is 1. The first-order chi connectivity index (χ1) is 16.7. The smallest absolute Gasteiger partial charge is 0.254 e. The SMILES string of the molecule is Cc1ccccc1C1C(=O)N(C)c2cnc(Nc3ccc(S(=O)(=O)NCC4CC4)cc3)nc2N1C. The first-order valence-corrected chi connectivity index (χ1v) is 13.0. The van der Waals surface area contributed by atoms with Crippen molar-refractivity contribution in [3.63, 3.8) is 0 Å². The Morgan fingerprint density at radius 3 is 2.46 bits per heavy atom. The van der Waals surface area contributed by atoms with E-state index in [1.165, 1.54) is 0 Å². The Kier molecular flexibility index (Phi) is 5.94. The first-order valence-electron chi connectivity index (χ1n) is 11.5. The highest BCUT2D eigenvalue weighted by atomic mass is 32.2. The number of hydrogen-bond donors (Lipinski definition) is 2. The van der Waals surface area contributed by atoms with E-state index in [0.29, 0.717) is 35.6 Å². The third kappa shape index (κ3) is 4.59. The number of rotatable bonds is 7. The quantitative estimate of drug-likeness (QED) is 0.521. The summed E-state index contributed by atoms with van der Waals surface area (Å²) in [5, 5.41) is 3.14. The zero-order chi connectivity index (χ0) is 24.7. The van der Waals surface area contributed by atoms with Gasteiger partial charge in [-0.2, -0.15) is 4.98 Å². The lowest BCUT2D eigenvalue weighted by Gasteiger charge is -2.39. The first kappa shape index (κ1) is 23.3. The predicted molar refractivity (Wildman–Crippen MR) is 135 cm³/mol. The Labute approximate surface area is 205 Å². The topological polar surface area (TPSA) is 108 Å². The van der Waals surface area contributed by atoms with Gasteiger partial charge in [0.05, 0.1) is 11.1 Å². The normalized spacial score (nSPS) is 17.9. The van der Waals surface area contributed by atoms with Gasteiger partial charge in [-0.1, -0.05) is 24.3 Å². The molecule has 0 saturated heterocycles. The molecule has 1 unspecified atom stereocenters. The van der Waals surface area contributed by atoms with E-state index in [1.54, 1.807) is 42.4 Å². The van der Waals surface area contributed by atoms with E-state index >= 15 is 0 Å². The van der Waals surface area contributed by atoms with Crippen molar-refractivity contribution in [2.75, 3.05) is 35.8 Å². The lowest BCUT2D eigenvalue weighted by atomic mass is 9.97. The summed E-state index contributed by atoms with van der Waals surface area (Å²) < 4.78 is 27.6. The zero-order valence-corrected chi connectivity index (χ0v) is 20.7. The van der Waals surface area contributed by atoms with Gasteiger partial charge in [-0.05, 0) is 61.1 Å². The number of hydrogen-bond acceptors (Lipinski definition) is 7. The maximum atomic E-state index is 13.2. The second kappa shape index (κ2) is 8.94. The molecule has 35 heavy (non-hydrogen) atoms. The summed E-state index contributed by atoms with van der Waals surface area (Å²) in [6.45, 7) is 2.48. The Hall–Kier alpha value is -3.50. The van der Waals surface area contributed by atoms with Gasteiger partial charge in [-0.3, -0.25) is 4.79 Å².